The molecule has 0 bridgehead atoms. The highest BCUT2D eigenvalue weighted by Crippen LogP contribution is 2.19. The second kappa shape index (κ2) is 4.73. The zero-order valence-electron chi connectivity index (χ0n) is 9.11. The van der Waals surface area contributed by atoms with Crippen molar-refractivity contribution in [1.82, 2.24) is 5.32 Å². The van der Waals surface area contributed by atoms with Gasteiger partial charge in [0.1, 0.15) is 12.4 Å². The van der Waals surface area contributed by atoms with Crippen molar-refractivity contribution in [2.24, 2.45) is 0 Å². The largest absolute Gasteiger partial charge is 0.494 e. The zero-order chi connectivity index (χ0) is 10.6. The molecule has 0 amide bonds. The lowest BCUT2D eigenvalue weighted by Gasteiger charge is -2.22. The number of hydrogen-bond donors (Lipinski definition) is 1. The average molecular weight is 191 g/mol. The van der Waals surface area contributed by atoms with Crippen LogP contribution in [0.15, 0.2) is 41.0 Å². The van der Waals surface area contributed by atoms with E-state index in [1.165, 1.54) is 5.57 Å². The molecule has 0 atom stereocenters. The number of nitrogens with one attached hydrogen (secondary N) is 1. The predicted octanol–water partition coefficient (Wildman–Crippen LogP) is 2.52. The maximum atomic E-state index is 5.47. The van der Waals surface area contributed by atoms with E-state index in [1.807, 2.05) is 19.9 Å². The lowest BCUT2D eigenvalue weighted by Crippen LogP contribution is -2.26. The lowest BCUT2D eigenvalue weighted by molar-refractivity contribution is 0.194. The van der Waals surface area contributed by atoms with Gasteiger partial charge < -0.3 is 10.1 Å². The van der Waals surface area contributed by atoms with Crippen molar-refractivity contribution >= 4 is 0 Å². The third-order valence-electron chi connectivity index (χ3n) is 2.36. The minimum atomic E-state index is 0.749. The first-order valence-electron chi connectivity index (χ1n) is 4.78. The van der Waals surface area contributed by atoms with Gasteiger partial charge in [-0.15, -0.1) is 5.73 Å². The van der Waals surface area contributed by atoms with E-state index < -0.39 is 0 Å². The maximum absolute atomic E-state index is 5.47. The van der Waals surface area contributed by atoms with E-state index >= 15 is 0 Å². The molecule has 0 spiro atoms. The Morgan fingerprint density at radius 2 is 2.29 bits per heavy atom. The molecule has 0 aromatic carbocycles. The molecule has 14 heavy (non-hydrogen) atoms. The van der Waals surface area contributed by atoms with Crippen LogP contribution in [0.1, 0.15) is 20.8 Å². The van der Waals surface area contributed by atoms with Gasteiger partial charge in [-0.2, -0.15) is 0 Å². The van der Waals surface area contributed by atoms with Crippen LogP contribution >= 0.6 is 0 Å². The van der Waals surface area contributed by atoms with Gasteiger partial charge in [-0.25, -0.2) is 0 Å². The molecule has 0 saturated heterocycles. The maximum Gasteiger partial charge on any atom is 0.116 e. The minimum Gasteiger partial charge on any atom is -0.494 e. The summed E-state index contributed by atoms with van der Waals surface area (Å²) < 4.78 is 5.47. The SMILES string of the molecule is C=C=C/C(C)=C(/C)C1=C(C)OCCN1. The molecule has 0 unspecified atom stereocenters. The molecule has 1 rings (SSSR count). The van der Waals surface area contributed by atoms with Crippen molar-refractivity contribution in [3.05, 3.63) is 41.0 Å². The van der Waals surface area contributed by atoms with Crippen LogP contribution in [-0.4, -0.2) is 13.2 Å². The van der Waals surface area contributed by atoms with Crippen molar-refractivity contribution in [3.8, 4) is 0 Å². The topological polar surface area (TPSA) is 21.3 Å². The Balaban J connectivity index is 3.03. The van der Waals surface area contributed by atoms with Crippen molar-refractivity contribution in [2.45, 2.75) is 20.8 Å². The summed E-state index contributed by atoms with van der Waals surface area (Å²) in [6, 6.07) is 0. The molecule has 2 heteroatoms. The van der Waals surface area contributed by atoms with E-state index in [9.17, 15) is 0 Å². The first-order chi connectivity index (χ1) is 6.66. The van der Waals surface area contributed by atoms with Gasteiger partial charge in [0.2, 0.25) is 0 Å². The monoisotopic (exact) mass is 191 g/mol. The van der Waals surface area contributed by atoms with Crippen LogP contribution in [0.5, 0.6) is 0 Å². The smallest absolute Gasteiger partial charge is 0.116 e. The highest BCUT2D eigenvalue weighted by Gasteiger charge is 2.11. The summed E-state index contributed by atoms with van der Waals surface area (Å²) in [5.41, 5.74) is 6.23. The van der Waals surface area contributed by atoms with Crippen molar-refractivity contribution in [1.29, 1.82) is 0 Å². The number of hydrogen-bond acceptors (Lipinski definition) is 2. The number of allylic oxidation sites excluding steroid dienone is 4. The molecule has 0 radical (unpaired) electrons. The molecule has 0 fully saturated rings. The molecule has 0 aromatic rings. The van der Waals surface area contributed by atoms with Gasteiger partial charge in [0.25, 0.3) is 0 Å². The Bertz CT molecular complexity index is 330. The molecular weight excluding hydrogens is 174 g/mol. The van der Waals surface area contributed by atoms with Gasteiger partial charge in [0.15, 0.2) is 0 Å². The fourth-order valence-corrected chi connectivity index (χ4v) is 1.43. The van der Waals surface area contributed by atoms with Crippen LogP contribution in [0, 0.1) is 0 Å². The van der Waals surface area contributed by atoms with Gasteiger partial charge >= 0.3 is 0 Å². The summed E-state index contributed by atoms with van der Waals surface area (Å²) in [7, 11) is 0. The van der Waals surface area contributed by atoms with Gasteiger partial charge in [-0.3, -0.25) is 0 Å². The third-order valence-corrected chi connectivity index (χ3v) is 2.36. The summed E-state index contributed by atoms with van der Waals surface area (Å²) in [5.74, 6) is 0.963. The van der Waals surface area contributed by atoms with Gasteiger partial charge in [0, 0.05) is 6.54 Å². The summed E-state index contributed by atoms with van der Waals surface area (Å²) in [6.07, 6.45) is 1.88. The summed E-state index contributed by atoms with van der Waals surface area (Å²) >= 11 is 0. The average Bonchev–Trinajstić information content (AvgIpc) is 2.18. The highest BCUT2D eigenvalue weighted by molar-refractivity contribution is 5.38. The quantitative estimate of drug-likeness (QED) is 0.535. The van der Waals surface area contributed by atoms with Crippen molar-refractivity contribution in [2.75, 3.05) is 13.2 Å². The zero-order valence-corrected chi connectivity index (χ0v) is 9.11. The third kappa shape index (κ3) is 2.30. The first-order valence-corrected chi connectivity index (χ1v) is 4.78. The Hall–Kier alpha value is -1.40. The van der Waals surface area contributed by atoms with Crippen molar-refractivity contribution in [3.63, 3.8) is 0 Å². The minimum absolute atomic E-state index is 0.749. The molecule has 1 heterocycles. The van der Waals surface area contributed by atoms with Crippen LogP contribution < -0.4 is 5.32 Å². The number of ether oxygens (including phenoxy) is 1. The molecule has 0 aliphatic carbocycles. The Kier molecular flexibility index (Phi) is 3.61. The van der Waals surface area contributed by atoms with E-state index in [2.05, 4.69) is 24.6 Å². The summed E-state index contributed by atoms with van der Waals surface area (Å²) in [5, 5.41) is 3.34. The first kappa shape index (κ1) is 10.7. The fraction of sp³-hybridized carbons (Fsp3) is 0.417. The molecule has 76 valence electrons. The second-order valence-electron chi connectivity index (χ2n) is 3.36. The van der Waals surface area contributed by atoms with Gasteiger partial charge in [0.05, 0.1) is 5.70 Å². The molecule has 1 aliphatic rings. The van der Waals surface area contributed by atoms with E-state index in [0.29, 0.717) is 0 Å². The van der Waals surface area contributed by atoms with E-state index in [-0.39, 0.29) is 0 Å². The van der Waals surface area contributed by atoms with Gasteiger partial charge in [-0.05, 0) is 38.0 Å². The molecular formula is C12H17NO. The van der Waals surface area contributed by atoms with Crippen molar-refractivity contribution < 1.29 is 4.74 Å². The highest BCUT2D eigenvalue weighted by atomic mass is 16.5. The Morgan fingerprint density at radius 3 is 2.86 bits per heavy atom. The van der Waals surface area contributed by atoms with Crippen LogP contribution in [0.2, 0.25) is 0 Å². The van der Waals surface area contributed by atoms with Crippen LogP contribution in [0.4, 0.5) is 0 Å². The van der Waals surface area contributed by atoms with Gasteiger partial charge in [-0.1, -0.05) is 6.58 Å². The molecule has 1 aliphatic heterocycles. The van der Waals surface area contributed by atoms with Crippen LogP contribution in [-0.2, 0) is 4.74 Å². The molecule has 0 aromatic heterocycles. The van der Waals surface area contributed by atoms with E-state index in [4.69, 9.17) is 4.74 Å². The summed E-state index contributed by atoms with van der Waals surface area (Å²) in [4.78, 5) is 0. The molecule has 1 N–H and O–H groups in total. The Morgan fingerprint density at radius 1 is 1.57 bits per heavy atom. The van der Waals surface area contributed by atoms with Crippen LogP contribution in [0.25, 0.3) is 0 Å². The number of rotatable bonds is 2. The molecule has 2 nitrogen and oxygen atoms in total. The molecule has 0 saturated carbocycles. The summed E-state index contributed by atoms with van der Waals surface area (Å²) in [6.45, 7) is 11.3. The lowest BCUT2D eigenvalue weighted by atomic mass is 10.1. The van der Waals surface area contributed by atoms with Crippen LogP contribution in [0.3, 0.4) is 0 Å². The normalized spacial score (nSPS) is 17.6. The fourth-order valence-electron chi connectivity index (χ4n) is 1.43. The second-order valence-corrected chi connectivity index (χ2v) is 3.36. The standard InChI is InChI=1S/C12H17NO/c1-5-6-9(2)10(3)12-11(4)14-8-7-13-12/h6,13H,1,7-8H2,2-4H3/b10-9-. The Labute approximate surface area is 85.7 Å². The predicted molar refractivity (Wildman–Crippen MR) is 58.7 cm³/mol. The van der Waals surface area contributed by atoms with E-state index in [0.717, 1.165) is 30.2 Å². The van der Waals surface area contributed by atoms with E-state index in [1.54, 1.807) is 0 Å².